The Morgan fingerprint density at radius 1 is 1.09 bits per heavy atom. The zero-order valence-corrected chi connectivity index (χ0v) is 18.5. The molecule has 2 aromatic rings. The summed E-state index contributed by atoms with van der Waals surface area (Å²) in [6.07, 6.45) is 1.36. The molecule has 168 valence electrons. The van der Waals surface area contributed by atoms with Crippen molar-refractivity contribution in [3.63, 3.8) is 0 Å². The third-order valence-electron chi connectivity index (χ3n) is 6.50. The fraction of sp³-hybridized carbons (Fsp3) is 0.400. The summed E-state index contributed by atoms with van der Waals surface area (Å²) in [4.78, 5) is 39.0. The number of fused-ring (bicyclic) bond motifs is 1. The Labute approximate surface area is 187 Å². The highest BCUT2D eigenvalue weighted by Gasteiger charge is 2.64. The van der Waals surface area contributed by atoms with Crippen molar-refractivity contribution in [2.75, 3.05) is 13.7 Å². The Morgan fingerprint density at radius 2 is 1.78 bits per heavy atom. The minimum absolute atomic E-state index is 0.0226. The summed E-state index contributed by atoms with van der Waals surface area (Å²) < 4.78 is 10.8. The topological polar surface area (TPSA) is 84.9 Å². The predicted octanol–water partition coefficient (Wildman–Crippen LogP) is 3.11. The van der Waals surface area contributed by atoms with Crippen LogP contribution < -0.4 is 10.1 Å². The van der Waals surface area contributed by atoms with E-state index in [0.29, 0.717) is 17.7 Å². The average molecular weight is 437 g/mol. The molecule has 0 aromatic heterocycles. The lowest BCUT2D eigenvalue weighted by molar-refractivity contribution is -0.151. The van der Waals surface area contributed by atoms with Crippen LogP contribution >= 0.6 is 0 Å². The number of esters is 1. The summed E-state index contributed by atoms with van der Waals surface area (Å²) in [5.41, 5.74) is 1.47. The third kappa shape index (κ3) is 4.33. The fourth-order valence-corrected chi connectivity index (χ4v) is 4.50. The van der Waals surface area contributed by atoms with E-state index in [9.17, 15) is 14.4 Å². The molecule has 2 aliphatic rings. The van der Waals surface area contributed by atoms with Crippen molar-refractivity contribution >= 4 is 17.8 Å². The molecule has 32 heavy (non-hydrogen) atoms. The van der Waals surface area contributed by atoms with Gasteiger partial charge in [-0.05, 0) is 55.0 Å². The lowest BCUT2D eigenvalue weighted by atomic mass is 10.0. The maximum absolute atomic E-state index is 12.8. The number of carbonyl (C=O) groups is 3. The van der Waals surface area contributed by atoms with Crippen molar-refractivity contribution in [1.82, 2.24) is 10.2 Å². The highest BCUT2D eigenvalue weighted by atomic mass is 16.5. The number of piperidine rings is 1. The zero-order valence-electron chi connectivity index (χ0n) is 18.5. The SMILES string of the molecule is COC(=O)[C@@H]1C[C@]2(C)C[C@@H]2N1C(=O)CNC(=O)c1ccc(O[C@@H](C)c2ccccc2)cc1. The van der Waals surface area contributed by atoms with E-state index in [1.54, 1.807) is 29.2 Å². The Kier molecular flexibility index (Phi) is 5.91. The van der Waals surface area contributed by atoms with Crippen molar-refractivity contribution in [3.05, 3.63) is 65.7 Å². The number of hydrogen-bond donors (Lipinski definition) is 1. The van der Waals surface area contributed by atoms with Crippen LogP contribution in [0, 0.1) is 5.41 Å². The minimum atomic E-state index is -0.573. The van der Waals surface area contributed by atoms with Gasteiger partial charge in [0.1, 0.15) is 17.9 Å². The first-order valence-corrected chi connectivity index (χ1v) is 10.8. The van der Waals surface area contributed by atoms with Crippen molar-refractivity contribution in [1.29, 1.82) is 0 Å². The number of likely N-dealkylation sites (tertiary alicyclic amines) is 1. The summed E-state index contributed by atoms with van der Waals surface area (Å²) in [5, 5.41) is 2.67. The Morgan fingerprint density at radius 3 is 2.44 bits per heavy atom. The number of amides is 2. The minimum Gasteiger partial charge on any atom is -0.486 e. The smallest absolute Gasteiger partial charge is 0.328 e. The maximum Gasteiger partial charge on any atom is 0.328 e. The summed E-state index contributed by atoms with van der Waals surface area (Å²) in [7, 11) is 1.33. The molecule has 2 fully saturated rings. The first-order chi connectivity index (χ1) is 15.3. The molecule has 1 heterocycles. The van der Waals surface area contributed by atoms with Gasteiger partial charge in [0.2, 0.25) is 5.91 Å². The number of methoxy groups -OCH3 is 1. The molecule has 1 saturated heterocycles. The highest BCUT2D eigenvalue weighted by Crippen LogP contribution is 2.59. The monoisotopic (exact) mass is 436 g/mol. The van der Waals surface area contributed by atoms with Gasteiger partial charge in [-0.1, -0.05) is 37.3 Å². The van der Waals surface area contributed by atoms with Crippen LogP contribution in [0.15, 0.2) is 54.6 Å². The van der Waals surface area contributed by atoms with Crippen molar-refractivity contribution in [3.8, 4) is 5.75 Å². The second-order valence-corrected chi connectivity index (χ2v) is 8.80. The second kappa shape index (κ2) is 8.65. The first-order valence-electron chi connectivity index (χ1n) is 10.8. The van der Waals surface area contributed by atoms with Crippen LogP contribution in [0.1, 0.15) is 48.7 Å². The van der Waals surface area contributed by atoms with E-state index in [1.807, 2.05) is 37.3 Å². The predicted molar refractivity (Wildman–Crippen MR) is 118 cm³/mol. The zero-order chi connectivity index (χ0) is 22.9. The van der Waals surface area contributed by atoms with Gasteiger partial charge in [0.25, 0.3) is 5.91 Å². The maximum atomic E-state index is 12.8. The van der Waals surface area contributed by atoms with Crippen LogP contribution in [-0.2, 0) is 14.3 Å². The molecule has 4 atom stereocenters. The molecule has 7 heteroatoms. The molecule has 1 aliphatic heterocycles. The largest absolute Gasteiger partial charge is 0.486 e. The van der Waals surface area contributed by atoms with Gasteiger partial charge in [-0.2, -0.15) is 0 Å². The van der Waals surface area contributed by atoms with E-state index in [2.05, 4.69) is 12.2 Å². The molecule has 2 amide bonds. The van der Waals surface area contributed by atoms with E-state index in [4.69, 9.17) is 9.47 Å². The molecule has 0 unspecified atom stereocenters. The summed E-state index contributed by atoms with van der Waals surface area (Å²) in [5.74, 6) is -0.372. The molecular weight excluding hydrogens is 408 g/mol. The van der Waals surface area contributed by atoms with Crippen LogP contribution in [0.4, 0.5) is 0 Å². The number of benzene rings is 2. The van der Waals surface area contributed by atoms with Gasteiger partial charge in [-0.15, -0.1) is 0 Å². The van der Waals surface area contributed by atoms with E-state index in [0.717, 1.165) is 12.0 Å². The number of hydrogen-bond acceptors (Lipinski definition) is 5. The van der Waals surface area contributed by atoms with Gasteiger partial charge >= 0.3 is 5.97 Å². The van der Waals surface area contributed by atoms with Crippen LogP contribution in [0.5, 0.6) is 5.75 Å². The number of ether oxygens (including phenoxy) is 2. The van der Waals surface area contributed by atoms with Crippen LogP contribution in [0.2, 0.25) is 0 Å². The van der Waals surface area contributed by atoms with E-state index in [1.165, 1.54) is 7.11 Å². The summed E-state index contributed by atoms with van der Waals surface area (Å²) >= 11 is 0. The number of nitrogens with zero attached hydrogens (tertiary/aromatic N) is 1. The third-order valence-corrected chi connectivity index (χ3v) is 6.50. The van der Waals surface area contributed by atoms with Gasteiger partial charge in [0.15, 0.2) is 0 Å². The molecule has 1 N–H and O–H groups in total. The lowest BCUT2D eigenvalue weighted by Gasteiger charge is -2.25. The number of nitrogens with one attached hydrogen (secondary N) is 1. The number of rotatable bonds is 7. The van der Waals surface area contributed by atoms with Crippen molar-refractivity contribution in [2.24, 2.45) is 5.41 Å². The number of carbonyl (C=O) groups excluding carboxylic acids is 3. The fourth-order valence-electron chi connectivity index (χ4n) is 4.50. The van der Waals surface area contributed by atoms with Gasteiger partial charge < -0.3 is 19.7 Å². The molecule has 7 nitrogen and oxygen atoms in total. The summed E-state index contributed by atoms with van der Waals surface area (Å²) in [6.45, 7) is 3.87. The van der Waals surface area contributed by atoms with Gasteiger partial charge in [-0.25, -0.2) is 4.79 Å². The highest BCUT2D eigenvalue weighted by molar-refractivity contribution is 5.97. The molecule has 0 radical (unpaired) electrons. The second-order valence-electron chi connectivity index (χ2n) is 8.80. The Hall–Kier alpha value is -3.35. The van der Waals surface area contributed by atoms with Crippen LogP contribution in [-0.4, -0.2) is 48.4 Å². The van der Waals surface area contributed by atoms with Crippen LogP contribution in [0.25, 0.3) is 0 Å². The van der Waals surface area contributed by atoms with E-state index in [-0.39, 0.29) is 35.9 Å². The average Bonchev–Trinajstić information content (AvgIpc) is 3.37. The molecule has 1 saturated carbocycles. The molecule has 0 bridgehead atoms. The van der Waals surface area contributed by atoms with Crippen molar-refractivity contribution in [2.45, 2.75) is 44.9 Å². The van der Waals surface area contributed by atoms with E-state index >= 15 is 0 Å². The van der Waals surface area contributed by atoms with Gasteiger partial charge in [0, 0.05) is 11.6 Å². The lowest BCUT2D eigenvalue weighted by Crippen LogP contribution is -2.47. The molecule has 4 rings (SSSR count). The Bertz CT molecular complexity index is 1010. The van der Waals surface area contributed by atoms with Crippen LogP contribution in [0.3, 0.4) is 0 Å². The standard InChI is InChI=1S/C25H28N2O5/c1-16(17-7-5-4-6-8-17)32-19-11-9-18(10-12-19)23(29)26-15-22(28)27-20(24(30)31-3)13-25(2)14-21(25)27/h4-12,16,20-21H,13-15H2,1-3H3,(H,26,29)/t16-,20-,21-,25+/m0/s1. The Balaban J connectivity index is 1.32. The summed E-state index contributed by atoms with van der Waals surface area (Å²) in [6, 6.07) is 16.1. The molecule has 1 aliphatic carbocycles. The van der Waals surface area contributed by atoms with Gasteiger partial charge in [-0.3, -0.25) is 9.59 Å². The molecular formula is C25H28N2O5. The quantitative estimate of drug-likeness (QED) is 0.674. The first kappa shape index (κ1) is 21.9. The normalized spacial score (nSPS) is 24.3. The molecule has 0 spiro atoms. The van der Waals surface area contributed by atoms with Gasteiger partial charge in [0.05, 0.1) is 13.7 Å². The van der Waals surface area contributed by atoms with E-state index < -0.39 is 12.0 Å². The molecule has 2 aromatic carbocycles. The van der Waals surface area contributed by atoms with Crippen molar-refractivity contribution < 1.29 is 23.9 Å².